The van der Waals surface area contributed by atoms with E-state index in [9.17, 15) is 32.3 Å². The van der Waals surface area contributed by atoms with Crippen molar-refractivity contribution in [3.8, 4) is 0 Å². The Hall–Kier alpha value is -3.95. The summed E-state index contributed by atoms with van der Waals surface area (Å²) in [4.78, 5) is 50.6. The van der Waals surface area contributed by atoms with Gasteiger partial charge in [-0.1, -0.05) is 18.2 Å². The van der Waals surface area contributed by atoms with Gasteiger partial charge in [0.05, 0.1) is 28.7 Å². The van der Waals surface area contributed by atoms with Gasteiger partial charge in [-0.2, -0.15) is 13.2 Å². The number of ether oxygens (including phenoxy) is 1. The lowest BCUT2D eigenvalue weighted by molar-refractivity contribution is -0.137. The maximum atomic E-state index is 12.8. The first-order valence-corrected chi connectivity index (χ1v) is 10.4. The molecule has 1 saturated heterocycles. The molecular weight excluding hydrogens is 453 g/mol. The number of nitrogens with one attached hydrogen (secondary N) is 1. The molecule has 0 saturated carbocycles. The number of hydrogen-bond donors (Lipinski definition) is 1. The molecule has 176 valence electrons. The Morgan fingerprint density at radius 1 is 0.971 bits per heavy atom. The number of esters is 1. The van der Waals surface area contributed by atoms with Gasteiger partial charge in [0.25, 0.3) is 5.91 Å². The monoisotopic (exact) mass is 472 g/mol. The quantitative estimate of drug-likeness (QED) is 0.404. The van der Waals surface area contributed by atoms with Crippen LogP contribution in [0.1, 0.15) is 28.8 Å². The Morgan fingerprint density at radius 2 is 1.59 bits per heavy atom. The first kappa shape index (κ1) is 23.2. The Kier molecular flexibility index (Phi) is 6.23. The molecule has 2 atom stereocenters. The van der Waals surface area contributed by atoms with Crippen molar-refractivity contribution in [2.75, 3.05) is 16.8 Å². The summed E-state index contributed by atoms with van der Waals surface area (Å²) >= 11 is 0. The van der Waals surface area contributed by atoms with E-state index in [2.05, 4.69) is 5.32 Å². The van der Waals surface area contributed by atoms with E-state index in [1.54, 1.807) is 0 Å². The lowest BCUT2D eigenvalue weighted by atomic mass is 9.85. The summed E-state index contributed by atoms with van der Waals surface area (Å²) in [7, 11) is 0. The van der Waals surface area contributed by atoms with Crippen LogP contribution < -0.4 is 10.2 Å². The molecule has 1 aliphatic carbocycles. The highest BCUT2D eigenvalue weighted by Gasteiger charge is 2.47. The number of carbonyl (C=O) groups excluding carboxylic acids is 4. The summed E-state index contributed by atoms with van der Waals surface area (Å²) in [5, 5.41) is 2.24. The Labute approximate surface area is 192 Å². The first-order valence-electron chi connectivity index (χ1n) is 10.4. The summed E-state index contributed by atoms with van der Waals surface area (Å²) in [6.45, 7) is -0.712. The molecule has 0 aromatic heterocycles. The van der Waals surface area contributed by atoms with Gasteiger partial charge >= 0.3 is 12.1 Å². The summed E-state index contributed by atoms with van der Waals surface area (Å²) in [6, 6.07) is 9.68. The molecular formula is C24H19F3N2O5. The molecule has 2 aliphatic rings. The maximum Gasteiger partial charge on any atom is 0.416 e. The smallest absolute Gasteiger partial charge is 0.416 e. The van der Waals surface area contributed by atoms with Gasteiger partial charge in [-0.15, -0.1) is 0 Å². The molecule has 1 heterocycles. The Balaban J connectivity index is 1.34. The molecule has 0 bridgehead atoms. The maximum absolute atomic E-state index is 12.8. The molecule has 1 fully saturated rings. The fourth-order valence-corrected chi connectivity index (χ4v) is 3.99. The zero-order valence-electron chi connectivity index (χ0n) is 17.7. The molecule has 10 heteroatoms. The van der Waals surface area contributed by atoms with E-state index >= 15 is 0 Å². The number of allylic oxidation sites excluding steroid dienone is 2. The Bertz CT molecular complexity index is 1150. The van der Waals surface area contributed by atoms with Crippen LogP contribution in [0.4, 0.5) is 24.5 Å². The van der Waals surface area contributed by atoms with Crippen LogP contribution in [0.3, 0.4) is 0 Å². The fourth-order valence-electron chi connectivity index (χ4n) is 3.99. The normalized spacial score (nSPS) is 19.7. The van der Waals surface area contributed by atoms with Crippen molar-refractivity contribution < 1.29 is 37.1 Å². The van der Waals surface area contributed by atoms with Crippen LogP contribution in [0.25, 0.3) is 0 Å². The minimum absolute atomic E-state index is 0.0776. The minimum Gasteiger partial charge on any atom is -0.452 e. The number of rotatable bonds is 5. The van der Waals surface area contributed by atoms with Crippen molar-refractivity contribution >= 4 is 35.1 Å². The highest BCUT2D eigenvalue weighted by Crippen LogP contribution is 2.37. The second-order valence-electron chi connectivity index (χ2n) is 7.92. The van der Waals surface area contributed by atoms with Crippen LogP contribution >= 0.6 is 0 Å². The molecule has 1 aliphatic heterocycles. The van der Waals surface area contributed by atoms with E-state index in [4.69, 9.17) is 4.74 Å². The van der Waals surface area contributed by atoms with E-state index in [0.29, 0.717) is 18.5 Å². The third kappa shape index (κ3) is 4.70. The van der Waals surface area contributed by atoms with Crippen LogP contribution in [0, 0.1) is 11.8 Å². The van der Waals surface area contributed by atoms with Crippen LogP contribution in [0.5, 0.6) is 0 Å². The topological polar surface area (TPSA) is 92.8 Å². The predicted octanol–water partition coefficient (Wildman–Crippen LogP) is 3.96. The van der Waals surface area contributed by atoms with Crippen LogP contribution in [0.15, 0.2) is 60.7 Å². The van der Waals surface area contributed by atoms with Gasteiger partial charge in [0.1, 0.15) is 0 Å². The van der Waals surface area contributed by atoms with Gasteiger partial charge in [-0.25, -0.2) is 4.79 Å². The van der Waals surface area contributed by atoms with Crippen molar-refractivity contribution in [3.63, 3.8) is 0 Å². The molecule has 0 unspecified atom stereocenters. The molecule has 3 amide bonds. The third-order valence-corrected chi connectivity index (χ3v) is 5.68. The Morgan fingerprint density at radius 3 is 2.18 bits per heavy atom. The van der Waals surface area contributed by atoms with E-state index in [0.717, 1.165) is 23.1 Å². The predicted molar refractivity (Wildman–Crippen MR) is 115 cm³/mol. The van der Waals surface area contributed by atoms with Gasteiger partial charge in [-0.3, -0.25) is 19.3 Å². The molecule has 0 radical (unpaired) electrons. The lowest BCUT2D eigenvalue weighted by Crippen LogP contribution is -2.30. The fraction of sp³-hybridized carbons (Fsp3) is 0.250. The molecule has 7 nitrogen and oxygen atoms in total. The number of nitrogens with zero attached hydrogens (tertiary/aromatic N) is 1. The van der Waals surface area contributed by atoms with Crippen LogP contribution in [-0.2, 0) is 25.3 Å². The summed E-state index contributed by atoms with van der Waals surface area (Å²) in [5.41, 5.74) is -0.596. The third-order valence-electron chi connectivity index (χ3n) is 5.68. The summed E-state index contributed by atoms with van der Waals surface area (Å²) in [6.07, 6.45) is 0.242. The first-order chi connectivity index (χ1) is 16.1. The largest absolute Gasteiger partial charge is 0.452 e. The van der Waals surface area contributed by atoms with E-state index in [1.807, 2.05) is 12.2 Å². The van der Waals surface area contributed by atoms with Crippen LogP contribution in [0.2, 0.25) is 0 Å². The number of imide groups is 1. The highest BCUT2D eigenvalue weighted by atomic mass is 19.4. The number of alkyl halides is 3. The van der Waals surface area contributed by atoms with Gasteiger partial charge in [0.15, 0.2) is 6.61 Å². The number of amides is 3. The van der Waals surface area contributed by atoms with Crippen molar-refractivity contribution in [1.29, 1.82) is 0 Å². The number of benzene rings is 2. The van der Waals surface area contributed by atoms with Gasteiger partial charge in [0.2, 0.25) is 11.8 Å². The molecule has 34 heavy (non-hydrogen) atoms. The minimum atomic E-state index is -4.56. The standard InChI is InChI=1S/C24H19F3N2O5/c25-24(26,27)15-4-3-5-16(12-15)28-20(30)13-34-23(33)14-8-10-17(11-9-14)29-21(31)18-6-1-2-7-19(18)22(29)32/h1-5,8-12,18-19H,6-7,13H2,(H,28,30)/t18-,19-/m1/s1. The zero-order valence-corrected chi connectivity index (χ0v) is 17.7. The average molecular weight is 472 g/mol. The number of halogens is 3. The summed E-state index contributed by atoms with van der Waals surface area (Å²) in [5.74, 6) is -2.96. The molecule has 1 N–H and O–H groups in total. The van der Waals surface area contributed by atoms with Crippen LogP contribution in [-0.4, -0.2) is 30.3 Å². The molecule has 2 aromatic rings. The van der Waals surface area contributed by atoms with Gasteiger partial charge in [0, 0.05) is 5.69 Å². The zero-order chi connectivity index (χ0) is 24.5. The average Bonchev–Trinajstić information content (AvgIpc) is 3.07. The number of carbonyl (C=O) groups is 4. The van der Waals surface area contributed by atoms with E-state index in [1.165, 1.54) is 30.3 Å². The summed E-state index contributed by atoms with van der Waals surface area (Å²) < 4.78 is 43.2. The van der Waals surface area contributed by atoms with E-state index in [-0.39, 0.29) is 34.9 Å². The SMILES string of the molecule is O=C(COC(=O)c1ccc(N2C(=O)[C@@H]3CC=CC[C@H]3C2=O)cc1)Nc1cccc(C(F)(F)F)c1. The molecule has 2 aromatic carbocycles. The highest BCUT2D eigenvalue weighted by molar-refractivity contribution is 6.22. The van der Waals surface area contributed by atoms with Gasteiger partial charge in [-0.05, 0) is 55.3 Å². The number of fused-ring (bicyclic) bond motifs is 1. The van der Waals surface area contributed by atoms with Crippen molar-refractivity contribution in [2.24, 2.45) is 11.8 Å². The van der Waals surface area contributed by atoms with E-state index < -0.39 is 30.2 Å². The second kappa shape index (κ2) is 9.12. The van der Waals surface area contributed by atoms with Crippen molar-refractivity contribution in [3.05, 3.63) is 71.8 Å². The number of hydrogen-bond acceptors (Lipinski definition) is 5. The van der Waals surface area contributed by atoms with Gasteiger partial charge < -0.3 is 10.1 Å². The number of anilines is 2. The van der Waals surface area contributed by atoms with Crippen molar-refractivity contribution in [1.82, 2.24) is 0 Å². The molecule has 0 spiro atoms. The second-order valence-corrected chi connectivity index (χ2v) is 7.92. The lowest BCUT2D eigenvalue weighted by Gasteiger charge is -2.15. The van der Waals surface area contributed by atoms with Crippen molar-refractivity contribution in [2.45, 2.75) is 19.0 Å². The molecule has 4 rings (SSSR count).